The first kappa shape index (κ1) is 6.75. The third kappa shape index (κ3) is 3.83. The molecule has 2 aromatic carbocycles. The highest BCUT2D eigenvalue weighted by Crippen LogP contribution is 2.34. The van der Waals surface area contributed by atoms with Crippen LogP contribution in [-0.4, -0.2) is 31.0 Å². The van der Waals surface area contributed by atoms with Crippen molar-refractivity contribution in [3.05, 3.63) is 70.7 Å². The Kier molecular flexibility index (Phi) is 2.16. The average Bonchev–Trinajstić information content (AvgIpc) is 2.87. The molecule has 0 aromatic heterocycles. The van der Waals surface area contributed by atoms with Gasteiger partial charge in [0.15, 0.2) is 0 Å². The molecule has 1 aliphatic heterocycles. The molecule has 2 atom stereocenters. The van der Waals surface area contributed by atoms with Crippen molar-refractivity contribution in [1.82, 2.24) is 4.90 Å². The van der Waals surface area contributed by atoms with Crippen molar-refractivity contribution in [3.8, 4) is 0 Å². The maximum Gasteiger partial charge on any atom is 0.115 e. The molecular weight excluding hydrogens is 318 g/mol. The molecule has 2 nitrogen and oxygen atoms in total. The van der Waals surface area contributed by atoms with Gasteiger partial charge >= 0.3 is 0 Å². The summed E-state index contributed by atoms with van der Waals surface area (Å²) in [5, 5.41) is 0.253. The van der Waals surface area contributed by atoms with Crippen LogP contribution in [0.25, 0.3) is 0 Å². The molecule has 0 N–H and O–H groups in total. The zero-order valence-corrected chi connectivity index (χ0v) is 13.4. The second-order valence-corrected chi connectivity index (χ2v) is 5.50. The second kappa shape index (κ2) is 7.69. The first-order chi connectivity index (χ1) is 17.4. The number of likely N-dealkylation sites (tertiary alicyclic amines) is 1. The zero-order valence-electron chi connectivity index (χ0n) is 27.6. The molecule has 3 rings (SSSR count). The Labute approximate surface area is 171 Å². The minimum atomic E-state index is -3.76. The van der Waals surface area contributed by atoms with Crippen LogP contribution >= 0.6 is 11.6 Å². The summed E-state index contributed by atoms with van der Waals surface area (Å²) >= 11 is 5.98. The van der Waals surface area contributed by atoms with Gasteiger partial charge in [0.2, 0.25) is 0 Å². The van der Waals surface area contributed by atoms with Crippen LogP contribution in [0, 0.1) is 0 Å². The van der Waals surface area contributed by atoms with Gasteiger partial charge in [0.25, 0.3) is 0 Å². The van der Waals surface area contributed by atoms with Crippen LogP contribution in [0.3, 0.4) is 0 Å². The van der Waals surface area contributed by atoms with E-state index in [-0.39, 0.29) is 16.1 Å². The average molecular weight is 359 g/mol. The van der Waals surface area contributed by atoms with E-state index in [1.807, 2.05) is 0 Å². The molecule has 0 spiro atoms. The molecule has 128 valence electrons. The standard InChI is InChI=1S/C21H26ClNO/c1-21(17-7-4-3-5-8-17,18-10-12-19(22)13-11-18)24-16-14-20-9-6-15-23(20)2/h3-5,7-8,10-13,20H,6,9,14-16H2,1-2H3/t20-,21-/m1/s1/i1D3,2D3,6D2,9D2,14D2,15D2,20D. The number of halogens is 1. The van der Waals surface area contributed by atoms with Crippen LogP contribution in [0.2, 0.25) is 5.02 Å². The van der Waals surface area contributed by atoms with Crippen molar-refractivity contribution in [2.45, 2.75) is 37.6 Å². The molecule has 0 aliphatic carbocycles. The van der Waals surface area contributed by atoms with Crippen molar-refractivity contribution >= 4 is 11.6 Å². The van der Waals surface area contributed by atoms with E-state index in [0.717, 1.165) is 0 Å². The predicted molar refractivity (Wildman–Crippen MR) is 101 cm³/mol. The highest BCUT2D eigenvalue weighted by Gasteiger charge is 2.30. The lowest BCUT2D eigenvalue weighted by atomic mass is 9.88. The van der Waals surface area contributed by atoms with E-state index in [4.69, 9.17) is 36.9 Å². The summed E-state index contributed by atoms with van der Waals surface area (Å²) in [4.78, 5) is -0.446. The molecule has 0 unspecified atom stereocenters. The summed E-state index contributed by atoms with van der Waals surface area (Å²) in [5.41, 5.74) is -2.42. The van der Waals surface area contributed by atoms with Gasteiger partial charge < -0.3 is 9.64 Å². The van der Waals surface area contributed by atoms with Crippen LogP contribution in [0.15, 0.2) is 54.6 Å². The number of nitrogens with zero attached hydrogens (tertiary/aromatic N) is 1. The Morgan fingerprint density at radius 3 is 2.75 bits per heavy atom. The molecule has 24 heavy (non-hydrogen) atoms. The fourth-order valence-corrected chi connectivity index (χ4v) is 2.41. The van der Waals surface area contributed by atoms with Crippen LogP contribution in [0.4, 0.5) is 0 Å². The van der Waals surface area contributed by atoms with Crippen molar-refractivity contribution in [2.24, 2.45) is 0 Å². The minimum Gasteiger partial charge on any atom is -0.366 e. The van der Waals surface area contributed by atoms with Gasteiger partial charge in [-0.05, 0) is 62.7 Å². The second-order valence-electron chi connectivity index (χ2n) is 5.07. The van der Waals surface area contributed by atoms with E-state index in [9.17, 15) is 0 Å². The molecule has 1 heterocycles. The lowest BCUT2D eigenvalue weighted by Gasteiger charge is -2.32. The Hall–Kier alpha value is -1.35. The van der Waals surface area contributed by atoms with Gasteiger partial charge in [-0.3, -0.25) is 0 Å². The van der Waals surface area contributed by atoms with E-state index in [1.54, 1.807) is 6.07 Å². The first-order valence-electron chi connectivity index (χ1n) is 14.7. The molecular formula is C21H26ClNO. The van der Waals surface area contributed by atoms with E-state index in [1.165, 1.54) is 48.5 Å². The smallest absolute Gasteiger partial charge is 0.115 e. The van der Waals surface area contributed by atoms with Gasteiger partial charge in [-0.25, -0.2) is 0 Å². The summed E-state index contributed by atoms with van der Waals surface area (Å²) in [6.07, 6.45) is -10.9. The van der Waals surface area contributed by atoms with Gasteiger partial charge in [-0.15, -0.1) is 0 Å². The summed E-state index contributed by atoms with van der Waals surface area (Å²) < 4.78 is 129. The van der Waals surface area contributed by atoms with Crippen LogP contribution < -0.4 is 0 Å². The van der Waals surface area contributed by atoms with Crippen LogP contribution in [0.1, 0.15) is 57.7 Å². The van der Waals surface area contributed by atoms with Gasteiger partial charge in [0, 0.05) is 38.2 Å². The van der Waals surface area contributed by atoms with E-state index in [0.29, 0.717) is 0 Å². The monoisotopic (exact) mass is 358 g/mol. The number of rotatable bonds is 6. The molecule has 0 bridgehead atoms. The third-order valence-corrected chi connectivity index (χ3v) is 3.78. The summed E-state index contributed by atoms with van der Waals surface area (Å²) in [5.74, 6) is 0. The molecule has 1 fully saturated rings. The van der Waals surface area contributed by atoms with Crippen molar-refractivity contribution in [3.63, 3.8) is 0 Å². The van der Waals surface area contributed by atoms with Gasteiger partial charge in [0.05, 0.1) is 0 Å². The van der Waals surface area contributed by atoms with E-state index >= 15 is 0 Å². The minimum absolute atomic E-state index is 0.0132. The molecule has 1 aliphatic rings. The lowest BCUT2D eigenvalue weighted by Crippen LogP contribution is -2.31. The maximum absolute atomic E-state index is 8.81. The van der Waals surface area contributed by atoms with Crippen molar-refractivity contribution in [2.75, 3.05) is 20.1 Å². The summed E-state index contributed by atoms with van der Waals surface area (Å²) in [7, 11) is 0. The highest BCUT2D eigenvalue weighted by molar-refractivity contribution is 6.30. The Balaban J connectivity index is 2.25. The summed E-state index contributed by atoms with van der Waals surface area (Å²) in [6, 6.07) is 9.05. The van der Waals surface area contributed by atoms with Crippen molar-refractivity contribution < 1.29 is 25.3 Å². The normalized spacial score (nSPS) is 41.1. The van der Waals surface area contributed by atoms with Gasteiger partial charge in [0.1, 0.15) is 5.60 Å². The van der Waals surface area contributed by atoms with Gasteiger partial charge in [-0.2, -0.15) is 0 Å². The number of hydrogen-bond acceptors (Lipinski definition) is 2. The highest BCUT2D eigenvalue weighted by atomic mass is 35.5. The predicted octanol–water partition coefficient (Wildman–Crippen LogP) is 5.10. The number of hydrogen-bond donors (Lipinski definition) is 0. The SMILES string of the molecule is [2H]C([2H])([2H])N1C([2H])([2H])C([2H])([2H])C([2H])([2H])[C@]1([2H])C([2H])([2H])CO[C@](c1ccccc1)(c1ccc(Cl)cc1)C([2H])([2H])[2H]. The Bertz CT molecular complexity index is 1180. The lowest BCUT2D eigenvalue weighted by molar-refractivity contribution is -0.0117. The molecule has 2 aromatic rings. The van der Waals surface area contributed by atoms with Gasteiger partial charge in [-0.1, -0.05) is 54.1 Å². The molecule has 0 saturated carbocycles. The fourth-order valence-electron chi connectivity index (χ4n) is 2.28. The number of benzene rings is 2. The summed E-state index contributed by atoms with van der Waals surface area (Å²) in [6.45, 7) is -11.8. The van der Waals surface area contributed by atoms with Crippen molar-refractivity contribution in [1.29, 1.82) is 0 Å². The third-order valence-electron chi connectivity index (χ3n) is 3.53. The van der Waals surface area contributed by atoms with Crippen LogP contribution in [-0.2, 0) is 10.3 Å². The maximum atomic E-state index is 8.81. The molecule has 3 heteroatoms. The quantitative estimate of drug-likeness (QED) is 0.711. The topological polar surface area (TPSA) is 12.5 Å². The zero-order chi connectivity index (χ0) is 30.1. The fraction of sp³-hybridized carbons (Fsp3) is 0.429. The van der Waals surface area contributed by atoms with E-state index in [2.05, 4.69) is 0 Å². The molecule has 0 radical (unpaired) electrons. The largest absolute Gasteiger partial charge is 0.366 e. The number of ether oxygens (including phenoxy) is 1. The first-order valence-corrected chi connectivity index (χ1v) is 7.57. The Morgan fingerprint density at radius 2 is 2.04 bits per heavy atom. The molecule has 1 saturated heterocycles. The Morgan fingerprint density at radius 1 is 1.29 bits per heavy atom. The van der Waals surface area contributed by atoms with E-state index < -0.39 is 62.6 Å². The molecule has 0 amide bonds. The van der Waals surface area contributed by atoms with Crippen LogP contribution in [0.5, 0.6) is 0 Å².